The molecular formula is C26H23F3N4O4. The molecule has 2 heterocycles. The van der Waals surface area contributed by atoms with Crippen molar-refractivity contribution in [2.75, 3.05) is 4.90 Å². The number of ether oxygens (including phenoxy) is 1. The van der Waals surface area contributed by atoms with Crippen molar-refractivity contribution in [1.82, 2.24) is 10.2 Å². The van der Waals surface area contributed by atoms with E-state index in [1.54, 1.807) is 24.3 Å². The van der Waals surface area contributed by atoms with Gasteiger partial charge >= 0.3 is 12.3 Å². The fraction of sp³-hybridized carbons (Fsp3) is 0.231. The van der Waals surface area contributed by atoms with Crippen molar-refractivity contribution in [3.63, 3.8) is 0 Å². The Hall–Kier alpha value is -4.25. The highest BCUT2D eigenvalue weighted by atomic mass is 19.4. The van der Waals surface area contributed by atoms with Gasteiger partial charge in [-0.1, -0.05) is 50.2 Å². The summed E-state index contributed by atoms with van der Waals surface area (Å²) in [6, 6.07) is 13.3. The summed E-state index contributed by atoms with van der Waals surface area (Å²) in [7, 11) is 0. The minimum Gasteiger partial charge on any atom is -0.507 e. The highest BCUT2D eigenvalue weighted by Crippen LogP contribution is 2.42. The third-order valence-electron chi connectivity index (χ3n) is 5.89. The summed E-state index contributed by atoms with van der Waals surface area (Å²) in [5, 5.41) is 19.1. The first-order valence-electron chi connectivity index (χ1n) is 11.3. The molecule has 0 aliphatic carbocycles. The lowest BCUT2D eigenvalue weighted by Crippen LogP contribution is -2.30. The van der Waals surface area contributed by atoms with Crippen molar-refractivity contribution in [3.8, 4) is 5.75 Å². The van der Waals surface area contributed by atoms with Gasteiger partial charge in [-0.15, -0.1) is 18.3 Å². The van der Waals surface area contributed by atoms with Gasteiger partial charge in [-0.05, 0) is 41.3 Å². The van der Waals surface area contributed by atoms with Crippen LogP contribution in [0.5, 0.6) is 5.75 Å². The van der Waals surface area contributed by atoms with Gasteiger partial charge in [0.25, 0.3) is 5.78 Å². The van der Waals surface area contributed by atoms with E-state index in [1.165, 1.54) is 24.3 Å². The summed E-state index contributed by atoms with van der Waals surface area (Å²) < 4.78 is 41.8. The summed E-state index contributed by atoms with van der Waals surface area (Å²) in [5.74, 6) is -2.62. The minimum absolute atomic E-state index is 0.00845. The number of carbonyl (C=O) groups excluding carboxylic acids is 2. The number of aromatic nitrogens is 2. The number of rotatable bonds is 6. The fourth-order valence-corrected chi connectivity index (χ4v) is 4.01. The highest BCUT2D eigenvalue weighted by molar-refractivity contribution is 6.51. The lowest BCUT2D eigenvalue weighted by molar-refractivity contribution is -0.274. The maximum Gasteiger partial charge on any atom is 0.573 e. The first-order chi connectivity index (χ1) is 17.5. The number of aliphatic hydroxyl groups excluding tert-OH is 1. The van der Waals surface area contributed by atoms with Gasteiger partial charge < -0.3 is 15.6 Å². The summed E-state index contributed by atoms with van der Waals surface area (Å²) in [5.41, 5.74) is 7.32. The Morgan fingerprint density at radius 3 is 2.19 bits per heavy atom. The SMILES string of the molecule is CC(C)c1ccc(C(O)=C2C(=O)C(=O)N(c3ccc(CN)nn3)C2c2ccc(OC(F)(F)F)cc2)cc1. The molecule has 1 aliphatic heterocycles. The Morgan fingerprint density at radius 2 is 1.68 bits per heavy atom. The second-order valence-electron chi connectivity index (χ2n) is 8.65. The van der Waals surface area contributed by atoms with Gasteiger partial charge in [0.15, 0.2) is 5.82 Å². The van der Waals surface area contributed by atoms with Crippen LogP contribution in [-0.2, 0) is 16.1 Å². The molecule has 1 fully saturated rings. The van der Waals surface area contributed by atoms with Crippen LogP contribution in [-0.4, -0.2) is 33.4 Å². The molecule has 2 aromatic carbocycles. The summed E-state index contributed by atoms with van der Waals surface area (Å²) >= 11 is 0. The van der Waals surface area contributed by atoms with E-state index in [4.69, 9.17) is 5.73 Å². The maximum absolute atomic E-state index is 13.2. The number of ketones is 1. The van der Waals surface area contributed by atoms with Crippen LogP contribution < -0.4 is 15.4 Å². The minimum atomic E-state index is -4.89. The Bertz CT molecular complexity index is 1340. The van der Waals surface area contributed by atoms with E-state index in [0.717, 1.165) is 22.6 Å². The Kier molecular flexibility index (Phi) is 6.99. The normalized spacial score (nSPS) is 17.5. The third kappa shape index (κ3) is 5.31. The molecule has 1 saturated heterocycles. The molecule has 0 bridgehead atoms. The topological polar surface area (TPSA) is 119 Å². The zero-order chi connectivity index (χ0) is 26.9. The predicted molar refractivity (Wildman–Crippen MR) is 128 cm³/mol. The average Bonchev–Trinajstić information content (AvgIpc) is 3.13. The molecule has 1 amide bonds. The molecule has 0 saturated carbocycles. The number of carbonyl (C=O) groups is 2. The molecule has 1 aliphatic rings. The van der Waals surface area contributed by atoms with Crippen LogP contribution in [0, 0.1) is 0 Å². The van der Waals surface area contributed by atoms with Gasteiger partial charge in [0.05, 0.1) is 17.3 Å². The van der Waals surface area contributed by atoms with Crippen LogP contribution in [0.25, 0.3) is 5.76 Å². The van der Waals surface area contributed by atoms with Gasteiger partial charge in [-0.2, -0.15) is 5.10 Å². The third-order valence-corrected chi connectivity index (χ3v) is 5.89. The Balaban J connectivity index is 1.85. The first-order valence-corrected chi connectivity index (χ1v) is 11.3. The summed E-state index contributed by atoms with van der Waals surface area (Å²) in [6.45, 7) is 4.11. The summed E-state index contributed by atoms with van der Waals surface area (Å²) in [4.78, 5) is 27.4. The molecule has 0 spiro atoms. The molecule has 8 nitrogen and oxygen atoms in total. The Morgan fingerprint density at radius 1 is 1.03 bits per heavy atom. The number of amides is 1. The lowest BCUT2D eigenvalue weighted by Gasteiger charge is -2.24. The van der Waals surface area contributed by atoms with Crippen molar-refractivity contribution >= 4 is 23.3 Å². The molecule has 11 heteroatoms. The zero-order valence-electron chi connectivity index (χ0n) is 19.9. The quantitative estimate of drug-likeness (QED) is 0.282. The first kappa shape index (κ1) is 25.8. The molecule has 3 N–H and O–H groups in total. The van der Waals surface area contributed by atoms with Crippen molar-refractivity contribution in [3.05, 3.63) is 88.6 Å². The van der Waals surface area contributed by atoms with Crippen LogP contribution >= 0.6 is 0 Å². The number of alkyl halides is 3. The van der Waals surface area contributed by atoms with Crippen molar-refractivity contribution < 1.29 is 32.6 Å². The lowest BCUT2D eigenvalue weighted by atomic mass is 9.94. The standard InChI is InChI=1S/C26H23F3N4O4/c1-14(2)15-3-5-17(6-4-15)23(34)21-22(16-7-10-19(11-8-16)37-26(27,28)29)33(25(36)24(21)35)20-12-9-18(13-30)31-32-20/h3-12,14,22,34H,13,30H2,1-2H3. The number of benzene rings is 2. The number of nitrogens with two attached hydrogens (primary N) is 1. The molecule has 0 radical (unpaired) electrons. The van der Waals surface area contributed by atoms with E-state index >= 15 is 0 Å². The van der Waals surface area contributed by atoms with Gasteiger partial charge in [0, 0.05) is 12.1 Å². The van der Waals surface area contributed by atoms with Crippen LogP contribution in [0.2, 0.25) is 0 Å². The second kappa shape index (κ2) is 10.0. The number of anilines is 1. The zero-order valence-corrected chi connectivity index (χ0v) is 19.9. The monoisotopic (exact) mass is 512 g/mol. The predicted octanol–water partition coefficient (Wildman–Crippen LogP) is 4.58. The van der Waals surface area contributed by atoms with Crippen molar-refractivity contribution in [2.24, 2.45) is 5.73 Å². The smallest absolute Gasteiger partial charge is 0.507 e. The van der Waals surface area contributed by atoms with E-state index in [0.29, 0.717) is 11.3 Å². The van der Waals surface area contributed by atoms with E-state index < -0.39 is 35.6 Å². The number of hydrogen-bond acceptors (Lipinski definition) is 7. The number of aliphatic hydroxyl groups is 1. The number of hydrogen-bond donors (Lipinski definition) is 2. The van der Waals surface area contributed by atoms with Crippen molar-refractivity contribution in [1.29, 1.82) is 0 Å². The van der Waals surface area contributed by atoms with E-state index in [9.17, 15) is 27.9 Å². The van der Waals surface area contributed by atoms with Crippen LogP contribution in [0.15, 0.2) is 66.2 Å². The van der Waals surface area contributed by atoms with E-state index in [1.807, 2.05) is 13.8 Å². The van der Waals surface area contributed by atoms with Crippen LogP contribution in [0.1, 0.15) is 48.2 Å². The van der Waals surface area contributed by atoms with E-state index in [-0.39, 0.29) is 29.4 Å². The van der Waals surface area contributed by atoms with Crippen LogP contribution in [0.3, 0.4) is 0 Å². The van der Waals surface area contributed by atoms with Gasteiger partial charge in [-0.25, -0.2) is 0 Å². The number of halogens is 3. The van der Waals surface area contributed by atoms with Gasteiger partial charge in [0.2, 0.25) is 0 Å². The van der Waals surface area contributed by atoms with Crippen molar-refractivity contribution in [2.45, 2.75) is 38.7 Å². The molecule has 37 heavy (non-hydrogen) atoms. The maximum atomic E-state index is 13.2. The number of nitrogens with zero attached hydrogens (tertiary/aromatic N) is 3. The number of Topliss-reactive ketones (excluding diaryl/α,β-unsaturated/α-hetero) is 1. The van der Waals surface area contributed by atoms with Crippen LogP contribution in [0.4, 0.5) is 19.0 Å². The molecule has 1 unspecified atom stereocenters. The fourth-order valence-electron chi connectivity index (χ4n) is 4.01. The van der Waals surface area contributed by atoms with Gasteiger partial charge in [0.1, 0.15) is 11.5 Å². The molecular weight excluding hydrogens is 489 g/mol. The molecule has 192 valence electrons. The largest absolute Gasteiger partial charge is 0.573 e. The average molecular weight is 512 g/mol. The Labute approximate surface area is 210 Å². The molecule has 3 aromatic rings. The highest BCUT2D eigenvalue weighted by Gasteiger charge is 2.47. The second-order valence-corrected chi connectivity index (χ2v) is 8.65. The molecule has 4 rings (SSSR count). The van der Waals surface area contributed by atoms with Gasteiger partial charge in [-0.3, -0.25) is 14.5 Å². The molecule has 1 atom stereocenters. The summed E-state index contributed by atoms with van der Waals surface area (Å²) in [6.07, 6.45) is -4.89. The van der Waals surface area contributed by atoms with E-state index in [2.05, 4.69) is 14.9 Å². The molecule has 1 aromatic heterocycles.